The maximum absolute atomic E-state index is 10.7. The fourth-order valence-corrected chi connectivity index (χ4v) is 2.03. The number of nitrogens with one attached hydrogen (secondary N) is 2. The number of nitrogens with two attached hydrogens (primary N) is 2. The van der Waals surface area contributed by atoms with E-state index in [4.69, 9.17) is 11.5 Å². The van der Waals surface area contributed by atoms with Gasteiger partial charge in [0.25, 0.3) is 0 Å². The molecule has 1 rings (SSSR count). The van der Waals surface area contributed by atoms with Crippen molar-refractivity contribution in [2.24, 2.45) is 23.3 Å². The molecule has 5 nitrogen and oxygen atoms in total. The summed E-state index contributed by atoms with van der Waals surface area (Å²) in [5.74, 6) is 1.05. The quantitative estimate of drug-likeness (QED) is 0.615. The van der Waals surface area contributed by atoms with Crippen molar-refractivity contribution in [2.45, 2.75) is 26.8 Å². The third-order valence-corrected chi connectivity index (χ3v) is 3.61. The monoisotopic (exact) mass is 278 g/mol. The van der Waals surface area contributed by atoms with Crippen molar-refractivity contribution in [2.75, 3.05) is 18.4 Å². The Balaban J connectivity index is 2.55. The molecule has 1 aromatic rings. The molecule has 2 atom stereocenters. The largest absolute Gasteiger partial charge is 0.351 e. The molecule has 0 aliphatic heterocycles. The Morgan fingerprint density at radius 1 is 1.20 bits per heavy atom. The SMILES string of the molecule is CC(NCC(CN)C(C)C)c1ccc(NC(N)=O)cc1. The van der Waals surface area contributed by atoms with Crippen molar-refractivity contribution < 1.29 is 4.79 Å². The summed E-state index contributed by atoms with van der Waals surface area (Å²) in [6, 6.07) is 7.35. The minimum absolute atomic E-state index is 0.241. The summed E-state index contributed by atoms with van der Waals surface area (Å²) < 4.78 is 0. The van der Waals surface area contributed by atoms with Crippen molar-refractivity contribution in [3.8, 4) is 0 Å². The van der Waals surface area contributed by atoms with Crippen molar-refractivity contribution in [1.29, 1.82) is 0 Å². The topological polar surface area (TPSA) is 93.2 Å². The van der Waals surface area contributed by atoms with E-state index in [-0.39, 0.29) is 6.04 Å². The smallest absolute Gasteiger partial charge is 0.316 e. The Morgan fingerprint density at radius 3 is 2.25 bits per heavy atom. The number of amides is 2. The van der Waals surface area contributed by atoms with E-state index in [1.165, 1.54) is 5.56 Å². The normalized spacial score (nSPS) is 14.1. The number of hydrogen-bond donors (Lipinski definition) is 4. The van der Waals surface area contributed by atoms with E-state index < -0.39 is 6.03 Å². The summed E-state index contributed by atoms with van der Waals surface area (Å²) >= 11 is 0. The molecule has 112 valence electrons. The second-order valence-electron chi connectivity index (χ2n) is 5.48. The molecule has 0 saturated carbocycles. The highest BCUT2D eigenvalue weighted by atomic mass is 16.2. The summed E-state index contributed by atoms with van der Waals surface area (Å²) in [5, 5.41) is 6.05. The van der Waals surface area contributed by atoms with Gasteiger partial charge in [0.05, 0.1) is 0 Å². The first-order valence-corrected chi connectivity index (χ1v) is 7.04. The van der Waals surface area contributed by atoms with E-state index in [9.17, 15) is 4.79 Å². The van der Waals surface area contributed by atoms with Gasteiger partial charge in [0, 0.05) is 11.7 Å². The molecule has 0 aliphatic rings. The first-order valence-electron chi connectivity index (χ1n) is 7.04. The Hall–Kier alpha value is -1.59. The molecule has 0 fully saturated rings. The zero-order valence-electron chi connectivity index (χ0n) is 12.5. The molecule has 0 bridgehead atoms. The molecule has 1 aromatic carbocycles. The first kappa shape index (κ1) is 16.5. The first-order chi connectivity index (χ1) is 9.43. The molecule has 20 heavy (non-hydrogen) atoms. The lowest BCUT2D eigenvalue weighted by Crippen LogP contribution is -2.33. The van der Waals surface area contributed by atoms with Crippen molar-refractivity contribution >= 4 is 11.7 Å². The van der Waals surface area contributed by atoms with Crippen molar-refractivity contribution in [1.82, 2.24) is 5.32 Å². The number of carbonyl (C=O) groups is 1. The molecule has 2 unspecified atom stereocenters. The van der Waals surface area contributed by atoms with Gasteiger partial charge in [-0.2, -0.15) is 0 Å². The Morgan fingerprint density at radius 2 is 1.80 bits per heavy atom. The highest BCUT2D eigenvalue weighted by Gasteiger charge is 2.13. The van der Waals surface area contributed by atoms with Crippen LogP contribution in [0.25, 0.3) is 0 Å². The third kappa shape index (κ3) is 5.19. The van der Waals surface area contributed by atoms with Gasteiger partial charge in [0.2, 0.25) is 0 Å². The highest BCUT2D eigenvalue weighted by Crippen LogP contribution is 2.17. The van der Waals surface area contributed by atoms with Gasteiger partial charge in [-0.25, -0.2) is 4.79 Å². The van der Waals surface area contributed by atoms with Gasteiger partial charge in [-0.1, -0.05) is 26.0 Å². The average molecular weight is 278 g/mol. The average Bonchev–Trinajstić information content (AvgIpc) is 2.39. The Kier molecular flexibility index (Phi) is 6.48. The van der Waals surface area contributed by atoms with E-state index >= 15 is 0 Å². The summed E-state index contributed by atoms with van der Waals surface area (Å²) in [6.45, 7) is 8.09. The maximum Gasteiger partial charge on any atom is 0.316 e. The van der Waals surface area contributed by atoms with Crippen LogP contribution in [0.1, 0.15) is 32.4 Å². The fraction of sp³-hybridized carbons (Fsp3) is 0.533. The van der Waals surface area contributed by atoms with Crippen LogP contribution < -0.4 is 22.1 Å². The molecular weight excluding hydrogens is 252 g/mol. The minimum Gasteiger partial charge on any atom is -0.351 e. The van der Waals surface area contributed by atoms with E-state index in [0.717, 1.165) is 6.54 Å². The number of rotatable bonds is 7. The van der Waals surface area contributed by atoms with Crippen LogP contribution in [0.4, 0.5) is 10.5 Å². The van der Waals surface area contributed by atoms with Crippen molar-refractivity contribution in [3.05, 3.63) is 29.8 Å². The van der Waals surface area contributed by atoms with E-state index in [1.54, 1.807) is 0 Å². The Labute approximate surface area is 121 Å². The number of primary amides is 1. The third-order valence-electron chi connectivity index (χ3n) is 3.61. The number of anilines is 1. The molecule has 0 radical (unpaired) electrons. The Bertz CT molecular complexity index is 416. The maximum atomic E-state index is 10.7. The lowest BCUT2D eigenvalue weighted by molar-refractivity contribution is 0.259. The van der Waals surface area contributed by atoms with Gasteiger partial charge in [0.1, 0.15) is 0 Å². The van der Waals surface area contributed by atoms with Gasteiger partial charge in [0.15, 0.2) is 0 Å². The number of hydrogen-bond acceptors (Lipinski definition) is 3. The van der Waals surface area contributed by atoms with Gasteiger partial charge in [-0.3, -0.25) is 0 Å². The standard InChI is InChI=1S/C15H26N4O/c1-10(2)13(8-16)9-18-11(3)12-4-6-14(7-5-12)19-15(17)20/h4-7,10-11,13,18H,8-9,16H2,1-3H3,(H3,17,19,20). The van der Waals surface area contributed by atoms with Crippen LogP contribution in [0.2, 0.25) is 0 Å². The molecule has 0 aromatic heterocycles. The lowest BCUT2D eigenvalue weighted by atomic mass is 9.95. The summed E-state index contributed by atoms with van der Waals surface area (Å²) in [7, 11) is 0. The predicted molar refractivity (Wildman–Crippen MR) is 83.4 cm³/mol. The molecule has 0 saturated heterocycles. The predicted octanol–water partition coefficient (Wildman–Crippen LogP) is 2.06. The summed E-state index contributed by atoms with van der Waals surface area (Å²) in [4.78, 5) is 10.7. The van der Waals surface area contributed by atoms with Crippen molar-refractivity contribution in [3.63, 3.8) is 0 Å². The van der Waals surface area contributed by atoms with Crippen LogP contribution in [-0.2, 0) is 0 Å². The van der Waals surface area contributed by atoms with Gasteiger partial charge in [-0.05, 0) is 49.5 Å². The second-order valence-corrected chi connectivity index (χ2v) is 5.48. The molecule has 6 N–H and O–H groups in total. The van der Waals surface area contributed by atoms with Crippen LogP contribution in [0.5, 0.6) is 0 Å². The second kappa shape index (κ2) is 7.87. The van der Waals surface area contributed by atoms with Crippen LogP contribution in [0.3, 0.4) is 0 Å². The highest BCUT2D eigenvalue weighted by molar-refractivity contribution is 5.87. The number of benzene rings is 1. The van der Waals surface area contributed by atoms with E-state index in [0.29, 0.717) is 24.1 Å². The zero-order chi connectivity index (χ0) is 15.1. The van der Waals surface area contributed by atoms with Gasteiger partial charge in [-0.15, -0.1) is 0 Å². The fourth-order valence-electron chi connectivity index (χ4n) is 2.03. The molecular formula is C15H26N4O. The molecule has 0 aliphatic carbocycles. The van der Waals surface area contributed by atoms with Crippen LogP contribution in [-0.4, -0.2) is 19.1 Å². The zero-order valence-corrected chi connectivity index (χ0v) is 12.5. The summed E-state index contributed by atoms with van der Waals surface area (Å²) in [5.41, 5.74) is 12.7. The molecule has 2 amide bonds. The number of carbonyl (C=O) groups excluding carboxylic acids is 1. The van der Waals surface area contributed by atoms with E-state index in [2.05, 4.69) is 31.4 Å². The molecule has 0 spiro atoms. The van der Waals surface area contributed by atoms with Gasteiger partial charge < -0.3 is 22.1 Å². The lowest BCUT2D eigenvalue weighted by Gasteiger charge is -2.22. The van der Waals surface area contributed by atoms with Gasteiger partial charge >= 0.3 is 6.03 Å². The molecule has 5 heteroatoms. The minimum atomic E-state index is -0.549. The van der Waals surface area contributed by atoms with E-state index in [1.807, 2.05) is 24.3 Å². The van der Waals surface area contributed by atoms with Crippen LogP contribution in [0, 0.1) is 11.8 Å². The molecule has 0 heterocycles. The van der Waals surface area contributed by atoms with Crippen LogP contribution >= 0.6 is 0 Å². The van der Waals surface area contributed by atoms with Crippen LogP contribution in [0.15, 0.2) is 24.3 Å². The number of urea groups is 1. The summed E-state index contributed by atoms with van der Waals surface area (Å²) in [6.07, 6.45) is 0.